The molecule has 2 aromatic heterocycles. The van der Waals surface area contributed by atoms with Crippen molar-refractivity contribution in [3.05, 3.63) is 50.9 Å². The van der Waals surface area contributed by atoms with E-state index < -0.39 is 6.10 Å². The summed E-state index contributed by atoms with van der Waals surface area (Å²) in [5.41, 5.74) is 0.908. The van der Waals surface area contributed by atoms with Crippen LogP contribution in [0.2, 0.25) is 0 Å². The lowest BCUT2D eigenvalue weighted by Gasteiger charge is -2.08. The standard InChI is InChI=1S/C11H10BrNOS/c12-9-4-6-15-11(9)10(14)7-8-3-1-2-5-13-8/h1-6,10,14H,7H2. The minimum absolute atomic E-state index is 0.478. The molecule has 2 aromatic rings. The number of hydrogen-bond acceptors (Lipinski definition) is 3. The van der Waals surface area contributed by atoms with Gasteiger partial charge in [-0.3, -0.25) is 4.98 Å². The predicted molar refractivity (Wildman–Crippen MR) is 64.9 cm³/mol. The fraction of sp³-hybridized carbons (Fsp3) is 0.182. The Morgan fingerprint density at radius 3 is 2.87 bits per heavy atom. The van der Waals surface area contributed by atoms with Crippen LogP contribution in [-0.2, 0) is 6.42 Å². The summed E-state index contributed by atoms with van der Waals surface area (Å²) >= 11 is 4.96. The SMILES string of the molecule is OC(Cc1ccccn1)c1sccc1Br. The summed E-state index contributed by atoms with van der Waals surface area (Å²) in [6.45, 7) is 0. The molecule has 2 heterocycles. The Kier molecular flexibility index (Phi) is 3.51. The van der Waals surface area contributed by atoms with Crippen LogP contribution >= 0.6 is 27.3 Å². The van der Waals surface area contributed by atoms with E-state index in [2.05, 4.69) is 20.9 Å². The molecule has 0 saturated carbocycles. The molecule has 0 bridgehead atoms. The number of rotatable bonds is 3. The van der Waals surface area contributed by atoms with Crippen molar-refractivity contribution in [1.82, 2.24) is 4.98 Å². The predicted octanol–water partition coefficient (Wildman–Crippen LogP) is 3.18. The minimum atomic E-state index is -0.478. The maximum atomic E-state index is 9.98. The second kappa shape index (κ2) is 4.88. The molecular formula is C11H10BrNOS. The molecule has 0 aromatic carbocycles. The van der Waals surface area contributed by atoms with Crippen LogP contribution in [0, 0.1) is 0 Å². The smallest absolute Gasteiger partial charge is 0.0948 e. The quantitative estimate of drug-likeness (QED) is 0.939. The highest BCUT2D eigenvalue weighted by Gasteiger charge is 2.13. The Labute approximate surface area is 101 Å². The van der Waals surface area contributed by atoms with Gasteiger partial charge in [0, 0.05) is 27.7 Å². The number of halogens is 1. The van der Waals surface area contributed by atoms with Crippen LogP contribution in [0.4, 0.5) is 0 Å². The Hall–Kier alpha value is -0.710. The average Bonchev–Trinajstić information content (AvgIpc) is 2.66. The zero-order chi connectivity index (χ0) is 10.7. The minimum Gasteiger partial charge on any atom is -0.387 e. The molecule has 0 fully saturated rings. The highest BCUT2D eigenvalue weighted by Crippen LogP contribution is 2.30. The summed E-state index contributed by atoms with van der Waals surface area (Å²) in [5.74, 6) is 0. The Morgan fingerprint density at radius 2 is 2.27 bits per heavy atom. The third-order valence-corrected chi connectivity index (χ3v) is 4.05. The largest absolute Gasteiger partial charge is 0.387 e. The molecule has 1 N–H and O–H groups in total. The van der Waals surface area contributed by atoms with Crippen molar-refractivity contribution in [1.29, 1.82) is 0 Å². The highest BCUT2D eigenvalue weighted by molar-refractivity contribution is 9.10. The monoisotopic (exact) mass is 283 g/mol. The van der Waals surface area contributed by atoms with E-state index >= 15 is 0 Å². The van der Waals surface area contributed by atoms with Gasteiger partial charge in [0.05, 0.1) is 6.10 Å². The van der Waals surface area contributed by atoms with Gasteiger partial charge in [0.1, 0.15) is 0 Å². The van der Waals surface area contributed by atoms with Crippen LogP contribution in [0.1, 0.15) is 16.7 Å². The number of thiophene rings is 1. The molecule has 2 rings (SSSR count). The summed E-state index contributed by atoms with van der Waals surface area (Å²) in [5, 5.41) is 11.9. The number of aliphatic hydroxyl groups is 1. The zero-order valence-corrected chi connectivity index (χ0v) is 10.3. The molecule has 0 aliphatic heterocycles. The lowest BCUT2D eigenvalue weighted by atomic mass is 10.1. The molecule has 0 saturated heterocycles. The van der Waals surface area contributed by atoms with E-state index in [0.29, 0.717) is 6.42 Å². The number of nitrogens with zero attached hydrogens (tertiary/aromatic N) is 1. The van der Waals surface area contributed by atoms with Gasteiger partial charge >= 0.3 is 0 Å². The first kappa shape index (κ1) is 10.8. The zero-order valence-electron chi connectivity index (χ0n) is 7.93. The molecule has 2 nitrogen and oxygen atoms in total. The Morgan fingerprint density at radius 1 is 1.40 bits per heavy atom. The third-order valence-electron chi connectivity index (χ3n) is 2.08. The molecule has 1 atom stereocenters. The van der Waals surface area contributed by atoms with Gasteiger partial charge in [0.15, 0.2) is 0 Å². The van der Waals surface area contributed by atoms with Gasteiger partial charge in [-0.25, -0.2) is 0 Å². The fourth-order valence-corrected chi connectivity index (χ4v) is 2.98. The molecule has 0 amide bonds. The van der Waals surface area contributed by atoms with E-state index in [9.17, 15) is 5.11 Å². The maximum absolute atomic E-state index is 9.98. The molecule has 0 radical (unpaired) electrons. The van der Waals surface area contributed by atoms with E-state index in [4.69, 9.17) is 0 Å². The second-order valence-corrected chi connectivity index (χ2v) is 4.98. The van der Waals surface area contributed by atoms with Gasteiger partial charge in [-0.05, 0) is 39.5 Å². The molecule has 0 aliphatic rings. The van der Waals surface area contributed by atoms with Crippen molar-refractivity contribution in [2.45, 2.75) is 12.5 Å². The maximum Gasteiger partial charge on any atom is 0.0948 e. The molecule has 1 unspecified atom stereocenters. The topological polar surface area (TPSA) is 33.1 Å². The lowest BCUT2D eigenvalue weighted by Crippen LogP contribution is -2.01. The first-order valence-electron chi connectivity index (χ1n) is 4.58. The van der Waals surface area contributed by atoms with Crippen molar-refractivity contribution in [3.8, 4) is 0 Å². The molecule has 0 spiro atoms. The van der Waals surface area contributed by atoms with Crippen molar-refractivity contribution in [3.63, 3.8) is 0 Å². The first-order chi connectivity index (χ1) is 7.27. The number of hydrogen-bond donors (Lipinski definition) is 1. The van der Waals surface area contributed by atoms with Gasteiger partial charge in [-0.15, -0.1) is 11.3 Å². The fourth-order valence-electron chi connectivity index (χ4n) is 1.35. The van der Waals surface area contributed by atoms with Gasteiger partial charge in [0.2, 0.25) is 0 Å². The van der Waals surface area contributed by atoms with Crippen LogP contribution < -0.4 is 0 Å². The van der Waals surface area contributed by atoms with Crippen LogP contribution in [0.25, 0.3) is 0 Å². The molecule has 4 heteroatoms. The van der Waals surface area contributed by atoms with Gasteiger partial charge in [-0.2, -0.15) is 0 Å². The lowest BCUT2D eigenvalue weighted by molar-refractivity contribution is 0.180. The van der Waals surface area contributed by atoms with Gasteiger partial charge in [-0.1, -0.05) is 6.07 Å². The van der Waals surface area contributed by atoms with Gasteiger partial charge in [0.25, 0.3) is 0 Å². The summed E-state index contributed by atoms with van der Waals surface area (Å²) < 4.78 is 0.968. The number of aliphatic hydroxyl groups excluding tert-OH is 1. The summed E-state index contributed by atoms with van der Waals surface area (Å²) in [4.78, 5) is 5.15. The van der Waals surface area contributed by atoms with Crippen LogP contribution in [0.3, 0.4) is 0 Å². The second-order valence-electron chi connectivity index (χ2n) is 3.17. The highest BCUT2D eigenvalue weighted by atomic mass is 79.9. The average molecular weight is 284 g/mol. The van der Waals surface area contributed by atoms with Crippen LogP contribution in [0.5, 0.6) is 0 Å². The number of pyridine rings is 1. The van der Waals surface area contributed by atoms with Crippen LogP contribution in [0.15, 0.2) is 40.3 Å². The van der Waals surface area contributed by atoms with E-state index in [1.165, 1.54) is 0 Å². The Bertz CT molecular complexity index is 429. The third kappa shape index (κ3) is 2.65. The molecular weight excluding hydrogens is 274 g/mol. The summed E-state index contributed by atoms with van der Waals surface area (Å²) in [6, 6.07) is 7.67. The van der Waals surface area contributed by atoms with E-state index in [0.717, 1.165) is 15.0 Å². The van der Waals surface area contributed by atoms with E-state index in [-0.39, 0.29) is 0 Å². The van der Waals surface area contributed by atoms with Crippen LogP contribution in [-0.4, -0.2) is 10.1 Å². The van der Waals surface area contributed by atoms with Crippen molar-refractivity contribution in [2.24, 2.45) is 0 Å². The normalized spacial score (nSPS) is 12.7. The van der Waals surface area contributed by atoms with E-state index in [1.54, 1.807) is 17.5 Å². The molecule has 15 heavy (non-hydrogen) atoms. The van der Waals surface area contributed by atoms with Crippen molar-refractivity contribution < 1.29 is 5.11 Å². The Balaban J connectivity index is 2.11. The van der Waals surface area contributed by atoms with Crippen molar-refractivity contribution >= 4 is 27.3 Å². The molecule has 78 valence electrons. The van der Waals surface area contributed by atoms with Crippen molar-refractivity contribution in [2.75, 3.05) is 0 Å². The van der Waals surface area contributed by atoms with E-state index in [1.807, 2.05) is 29.6 Å². The molecule has 0 aliphatic carbocycles. The summed E-state index contributed by atoms with van der Waals surface area (Å²) in [6.07, 6.45) is 1.82. The van der Waals surface area contributed by atoms with Gasteiger partial charge < -0.3 is 5.11 Å². The summed E-state index contributed by atoms with van der Waals surface area (Å²) in [7, 11) is 0. The first-order valence-corrected chi connectivity index (χ1v) is 6.25. The number of aromatic nitrogens is 1.